The Morgan fingerprint density at radius 2 is 1.57 bits per heavy atom. The monoisotopic (exact) mass is 305 g/mol. The zero-order chi connectivity index (χ0) is 16.2. The van der Waals surface area contributed by atoms with Gasteiger partial charge in [-0.15, -0.1) is 0 Å². The lowest BCUT2D eigenvalue weighted by Gasteiger charge is -2.10. The first-order valence-corrected chi connectivity index (χ1v) is 7.19. The third-order valence-corrected chi connectivity index (χ3v) is 3.61. The second-order valence-corrected chi connectivity index (χ2v) is 5.14. The molecule has 2 N–H and O–H groups in total. The highest BCUT2D eigenvalue weighted by molar-refractivity contribution is 6.14. The highest BCUT2D eigenvalue weighted by atomic mass is 16.5. The van der Waals surface area contributed by atoms with Crippen LogP contribution < -0.4 is 5.73 Å². The number of carbonyl (C=O) groups is 2. The third-order valence-electron chi connectivity index (χ3n) is 3.61. The number of ether oxygens (including phenoxy) is 1. The van der Waals surface area contributed by atoms with Gasteiger partial charge in [-0.3, -0.25) is 4.79 Å². The summed E-state index contributed by atoms with van der Waals surface area (Å²) in [7, 11) is 0. The smallest absolute Gasteiger partial charge is 0.339 e. The predicted molar refractivity (Wildman–Crippen MR) is 88.0 cm³/mol. The zero-order valence-corrected chi connectivity index (χ0v) is 12.4. The Morgan fingerprint density at radius 1 is 0.870 bits per heavy atom. The molecule has 4 nitrogen and oxygen atoms in total. The number of benzene rings is 3. The van der Waals surface area contributed by atoms with E-state index in [0.717, 1.165) is 10.9 Å². The van der Waals surface area contributed by atoms with Crippen molar-refractivity contribution in [2.45, 2.75) is 6.61 Å². The number of hydrogen-bond donors (Lipinski definition) is 1. The van der Waals surface area contributed by atoms with Crippen molar-refractivity contribution in [3.05, 3.63) is 83.4 Å². The van der Waals surface area contributed by atoms with Gasteiger partial charge in [0.2, 0.25) is 5.91 Å². The van der Waals surface area contributed by atoms with E-state index in [9.17, 15) is 9.59 Å². The van der Waals surface area contributed by atoms with E-state index in [1.807, 2.05) is 42.5 Å². The summed E-state index contributed by atoms with van der Waals surface area (Å²) in [6, 6.07) is 20.0. The summed E-state index contributed by atoms with van der Waals surface area (Å²) in [6.07, 6.45) is 0. The van der Waals surface area contributed by atoms with Crippen molar-refractivity contribution < 1.29 is 14.3 Å². The average Bonchev–Trinajstić information content (AvgIpc) is 2.59. The molecule has 1 amide bonds. The molecular formula is C19H15NO3. The molecule has 0 aliphatic rings. The molecule has 114 valence electrons. The number of nitrogens with two attached hydrogens (primary N) is 1. The largest absolute Gasteiger partial charge is 0.457 e. The maximum atomic E-state index is 12.4. The molecule has 0 atom stereocenters. The molecule has 0 radical (unpaired) electrons. The first-order chi connectivity index (χ1) is 11.2. The summed E-state index contributed by atoms with van der Waals surface area (Å²) in [5, 5.41) is 1.50. The summed E-state index contributed by atoms with van der Waals surface area (Å²) in [5.74, 6) is -1.21. The first-order valence-electron chi connectivity index (χ1n) is 7.19. The van der Waals surface area contributed by atoms with Gasteiger partial charge < -0.3 is 10.5 Å². The fourth-order valence-corrected chi connectivity index (χ4v) is 2.51. The summed E-state index contributed by atoms with van der Waals surface area (Å²) in [5.41, 5.74) is 6.74. The van der Waals surface area contributed by atoms with E-state index in [4.69, 9.17) is 10.5 Å². The van der Waals surface area contributed by atoms with E-state index in [2.05, 4.69) is 0 Å². The molecule has 4 heteroatoms. The molecule has 0 saturated heterocycles. The van der Waals surface area contributed by atoms with Crippen LogP contribution in [0.1, 0.15) is 26.3 Å². The van der Waals surface area contributed by atoms with Crippen LogP contribution in [0.3, 0.4) is 0 Å². The SMILES string of the molecule is NC(=O)c1c(C(=O)OCc2ccccc2)ccc2ccccc12. The molecule has 0 heterocycles. The number of fused-ring (bicyclic) bond motifs is 1. The molecule has 3 aromatic carbocycles. The number of carbonyl (C=O) groups excluding carboxylic acids is 2. The van der Waals surface area contributed by atoms with Crippen LogP contribution >= 0.6 is 0 Å². The minimum Gasteiger partial charge on any atom is -0.457 e. The van der Waals surface area contributed by atoms with Gasteiger partial charge in [0.1, 0.15) is 6.61 Å². The highest BCUT2D eigenvalue weighted by Crippen LogP contribution is 2.23. The van der Waals surface area contributed by atoms with Gasteiger partial charge in [0.25, 0.3) is 0 Å². The lowest BCUT2D eigenvalue weighted by molar-refractivity contribution is 0.0470. The Balaban J connectivity index is 1.94. The molecule has 0 aromatic heterocycles. The Bertz CT molecular complexity index is 872. The second kappa shape index (κ2) is 6.32. The van der Waals surface area contributed by atoms with Crippen LogP contribution in [0.2, 0.25) is 0 Å². The van der Waals surface area contributed by atoms with Crippen molar-refractivity contribution in [1.82, 2.24) is 0 Å². The van der Waals surface area contributed by atoms with E-state index < -0.39 is 11.9 Å². The van der Waals surface area contributed by atoms with Gasteiger partial charge in [-0.1, -0.05) is 60.7 Å². The van der Waals surface area contributed by atoms with Gasteiger partial charge in [-0.2, -0.15) is 0 Å². The summed E-state index contributed by atoms with van der Waals surface area (Å²) >= 11 is 0. The van der Waals surface area contributed by atoms with Crippen molar-refractivity contribution >= 4 is 22.6 Å². The van der Waals surface area contributed by atoms with Gasteiger partial charge >= 0.3 is 5.97 Å². The molecule has 3 aromatic rings. The normalized spacial score (nSPS) is 10.4. The van der Waals surface area contributed by atoms with Gasteiger partial charge in [0.05, 0.1) is 11.1 Å². The van der Waals surface area contributed by atoms with Crippen molar-refractivity contribution in [2.24, 2.45) is 5.73 Å². The first kappa shape index (κ1) is 14.8. The predicted octanol–water partition coefficient (Wildman–Crippen LogP) is 3.30. The van der Waals surface area contributed by atoms with Crippen LogP contribution in [0.5, 0.6) is 0 Å². The van der Waals surface area contributed by atoms with Crippen molar-refractivity contribution in [2.75, 3.05) is 0 Å². The van der Waals surface area contributed by atoms with Gasteiger partial charge in [0, 0.05) is 0 Å². The molecule has 0 unspecified atom stereocenters. The van der Waals surface area contributed by atoms with Gasteiger partial charge in [0.15, 0.2) is 0 Å². The lowest BCUT2D eigenvalue weighted by atomic mass is 9.98. The summed E-state index contributed by atoms with van der Waals surface area (Å²) < 4.78 is 5.31. The number of hydrogen-bond acceptors (Lipinski definition) is 3. The number of amides is 1. The Hall–Kier alpha value is -3.14. The molecule has 0 saturated carbocycles. The van der Waals surface area contributed by atoms with Gasteiger partial charge in [-0.25, -0.2) is 4.79 Å². The standard InChI is InChI=1S/C19H15NO3/c20-18(21)17-15-9-5-4-8-14(15)10-11-16(17)19(22)23-12-13-6-2-1-3-7-13/h1-11H,12H2,(H2,20,21). The third kappa shape index (κ3) is 3.06. The highest BCUT2D eigenvalue weighted by Gasteiger charge is 2.19. The zero-order valence-electron chi connectivity index (χ0n) is 12.4. The fourth-order valence-electron chi connectivity index (χ4n) is 2.51. The van der Waals surface area contributed by atoms with E-state index in [1.54, 1.807) is 24.3 Å². The van der Waals surface area contributed by atoms with E-state index >= 15 is 0 Å². The van der Waals surface area contributed by atoms with Crippen molar-refractivity contribution in [1.29, 1.82) is 0 Å². The number of esters is 1. The molecule has 23 heavy (non-hydrogen) atoms. The molecule has 3 rings (SSSR count). The maximum Gasteiger partial charge on any atom is 0.339 e. The lowest BCUT2D eigenvalue weighted by Crippen LogP contribution is -2.18. The van der Waals surface area contributed by atoms with Gasteiger partial charge in [-0.05, 0) is 22.4 Å². The van der Waals surface area contributed by atoms with Crippen LogP contribution in [0.25, 0.3) is 10.8 Å². The minimum absolute atomic E-state index is 0.144. The average molecular weight is 305 g/mol. The minimum atomic E-state index is -0.645. The van der Waals surface area contributed by atoms with Crippen molar-refractivity contribution in [3.63, 3.8) is 0 Å². The van der Waals surface area contributed by atoms with Crippen LogP contribution in [-0.4, -0.2) is 11.9 Å². The molecule has 0 spiro atoms. The molecule has 0 aliphatic carbocycles. The van der Waals surface area contributed by atoms with Crippen molar-refractivity contribution in [3.8, 4) is 0 Å². The quantitative estimate of drug-likeness (QED) is 0.752. The van der Waals surface area contributed by atoms with Crippen LogP contribution in [-0.2, 0) is 11.3 Å². The molecule has 0 bridgehead atoms. The molecule has 0 fully saturated rings. The van der Waals surface area contributed by atoms with E-state index in [1.165, 1.54) is 0 Å². The van der Waals surface area contributed by atoms with E-state index in [-0.39, 0.29) is 17.7 Å². The molecule has 0 aliphatic heterocycles. The molecular weight excluding hydrogens is 290 g/mol. The summed E-state index contributed by atoms with van der Waals surface area (Å²) in [4.78, 5) is 24.2. The maximum absolute atomic E-state index is 12.4. The Labute approximate surface area is 133 Å². The van der Waals surface area contributed by atoms with Crippen LogP contribution in [0.4, 0.5) is 0 Å². The number of primary amides is 1. The summed E-state index contributed by atoms with van der Waals surface area (Å²) in [6.45, 7) is 0.144. The fraction of sp³-hybridized carbons (Fsp3) is 0.0526. The Kier molecular flexibility index (Phi) is 4.06. The Morgan fingerprint density at radius 3 is 2.30 bits per heavy atom. The van der Waals surface area contributed by atoms with E-state index in [0.29, 0.717) is 5.39 Å². The van der Waals surface area contributed by atoms with Crippen LogP contribution in [0, 0.1) is 0 Å². The van der Waals surface area contributed by atoms with Crippen LogP contribution in [0.15, 0.2) is 66.7 Å². The second-order valence-electron chi connectivity index (χ2n) is 5.14. The number of rotatable bonds is 4. The topological polar surface area (TPSA) is 69.4 Å².